The first kappa shape index (κ1) is 42.7. The van der Waals surface area contributed by atoms with E-state index in [0.29, 0.717) is 0 Å². The number of nitrogens with zero attached hydrogens (tertiary/aromatic N) is 3. The van der Waals surface area contributed by atoms with E-state index >= 15 is 0 Å². The maximum atomic E-state index is 2.34. The number of anilines is 6. The average molecular weight is 886 g/mol. The number of rotatable bonds is 12. The molecule has 0 atom stereocenters. The van der Waals surface area contributed by atoms with Crippen LogP contribution in [0.1, 0.15) is 5.56 Å². The Hall–Kier alpha value is -8.92. The van der Waals surface area contributed by atoms with Gasteiger partial charge < -0.3 is 14.4 Å². The molecule has 3 nitrogen and oxygen atoms in total. The molecule has 10 aromatic carbocycles. The van der Waals surface area contributed by atoms with Gasteiger partial charge in [-0.1, -0.05) is 194 Å². The van der Waals surface area contributed by atoms with Gasteiger partial charge in [0, 0.05) is 46.9 Å². The van der Waals surface area contributed by atoms with Crippen LogP contribution in [0.3, 0.4) is 0 Å². The van der Waals surface area contributed by atoms with Crippen molar-refractivity contribution in [3.8, 4) is 67.0 Å². The third kappa shape index (κ3) is 8.90. The summed E-state index contributed by atoms with van der Waals surface area (Å²) in [6.45, 7) is 2.22. The summed E-state index contributed by atoms with van der Waals surface area (Å²) in [6, 6.07) is 98.1. The fourth-order valence-electron chi connectivity index (χ4n) is 9.63. The van der Waals surface area contributed by atoms with Gasteiger partial charge in [-0.15, -0.1) is 0 Å². The molecule has 0 aliphatic rings. The Bertz CT molecular complexity index is 3250. The summed E-state index contributed by atoms with van der Waals surface area (Å²) in [7, 11) is 2.18. The minimum absolute atomic E-state index is 1.09. The molecule has 11 rings (SSSR count). The molecular weight excluding hydrogens is 835 g/mol. The Morgan fingerprint density at radius 1 is 0.246 bits per heavy atom. The van der Waals surface area contributed by atoms with Gasteiger partial charge in [0.25, 0.3) is 0 Å². The van der Waals surface area contributed by atoms with Crippen molar-refractivity contribution < 1.29 is 0 Å². The van der Waals surface area contributed by atoms with Gasteiger partial charge in [0.05, 0.1) is 5.69 Å². The second-order valence-corrected chi connectivity index (χ2v) is 17.5. The first-order valence-electron chi connectivity index (χ1n) is 23.6. The summed E-state index contributed by atoms with van der Waals surface area (Å²) in [5.74, 6) is 0. The van der Waals surface area contributed by atoms with E-state index < -0.39 is 0 Å². The van der Waals surface area contributed by atoms with Crippen LogP contribution >= 0.6 is 0 Å². The van der Waals surface area contributed by atoms with Gasteiger partial charge in [0.15, 0.2) is 0 Å². The van der Waals surface area contributed by atoms with E-state index in [9.17, 15) is 0 Å². The highest BCUT2D eigenvalue weighted by atomic mass is 15.1. The third-order valence-corrected chi connectivity index (χ3v) is 13.2. The van der Waals surface area contributed by atoms with Crippen molar-refractivity contribution in [1.29, 1.82) is 0 Å². The highest BCUT2D eigenvalue weighted by Crippen LogP contribution is 2.41. The maximum absolute atomic E-state index is 2.34. The Labute approximate surface area is 406 Å². The minimum Gasteiger partial charge on any atom is -0.343 e. The largest absolute Gasteiger partial charge is 0.343 e. The molecule has 3 heteroatoms. The van der Waals surface area contributed by atoms with E-state index in [2.05, 4.69) is 301 Å². The molecule has 0 aliphatic carbocycles. The van der Waals surface area contributed by atoms with Gasteiger partial charge in [-0.2, -0.15) is 0 Å². The fourth-order valence-corrected chi connectivity index (χ4v) is 9.63. The number of benzene rings is 10. The molecule has 1 heterocycles. The summed E-state index contributed by atoms with van der Waals surface area (Å²) < 4.78 is 2.34. The van der Waals surface area contributed by atoms with Gasteiger partial charge in [-0.3, -0.25) is 0 Å². The lowest BCUT2D eigenvalue weighted by atomic mass is 10.0. The lowest BCUT2D eigenvalue weighted by Crippen LogP contribution is -2.10. The topological polar surface area (TPSA) is 11.4 Å². The highest BCUT2D eigenvalue weighted by molar-refractivity contribution is 5.84. The molecule has 0 unspecified atom stereocenters. The molecule has 0 N–H and O–H groups in total. The summed E-state index contributed by atoms with van der Waals surface area (Å²) in [5, 5.41) is 0. The van der Waals surface area contributed by atoms with Crippen LogP contribution in [0, 0.1) is 6.92 Å². The molecule has 0 saturated carbocycles. The van der Waals surface area contributed by atoms with Crippen LogP contribution in [-0.2, 0) is 7.05 Å². The molecule has 0 saturated heterocycles. The summed E-state index contributed by atoms with van der Waals surface area (Å²) in [5.41, 5.74) is 22.1. The molecule has 0 radical (unpaired) electrons. The van der Waals surface area contributed by atoms with Crippen molar-refractivity contribution in [3.63, 3.8) is 0 Å². The lowest BCUT2D eigenvalue weighted by molar-refractivity contribution is 0.943. The van der Waals surface area contributed by atoms with Crippen molar-refractivity contribution in [2.75, 3.05) is 9.80 Å². The normalized spacial score (nSPS) is 11.0. The van der Waals surface area contributed by atoms with Crippen molar-refractivity contribution in [2.45, 2.75) is 6.92 Å². The molecule has 0 amide bonds. The fraction of sp³-hybridized carbons (Fsp3) is 0.0303. The minimum atomic E-state index is 1.09. The monoisotopic (exact) mass is 885 g/mol. The second kappa shape index (κ2) is 19.1. The van der Waals surface area contributed by atoms with E-state index in [1.165, 1.54) is 67.0 Å². The standard InChI is InChI=1S/C66H51N3/c1-48-47-65(57-31-43-63(44-32-57)68(59-35-23-53(24-36-59)49-15-7-3-8-16-49)60-37-25-54(26-38-60)50-17-9-4-10-18-50)67(2)66(48)58-33-45-64(46-34-58)69(61-39-27-55(28-40-61)51-19-11-5-12-20-51)62-41-29-56(30-42-62)52-21-13-6-14-22-52/h3-47H,1-2H3. The first-order chi connectivity index (χ1) is 34.0. The molecule has 0 bridgehead atoms. The predicted octanol–water partition coefficient (Wildman–Crippen LogP) is 18.3. The Morgan fingerprint density at radius 2 is 0.464 bits per heavy atom. The van der Waals surface area contributed by atoms with E-state index in [4.69, 9.17) is 0 Å². The van der Waals surface area contributed by atoms with Crippen LogP contribution in [-0.4, -0.2) is 4.57 Å². The Morgan fingerprint density at radius 3 is 0.725 bits per heavy atom. The van der Waals surface area contributed by atoms with E-state index in [0.717, 1.165) is 39.7 Å². The van der Waals surface area contributed by atoms with Crippen LogP contribution in [0.5, 0.6) is 0 Å². The summed E-state index contributed by atoms with van der Waals surface area (Å²) in [4.78, 5) is 4.69. The van der Waals surface area contributed by atoms with E-state index in [-0.39, 0.29) is 0 Å². The number of aromatic nitrogens is 1. The molecule has 69 heavy (non-hydrogen) atoms. The smallest absolute Gasteiger partial charge is 0.0512 e. The molecule has 330 valence electrons. The zero-order valence-corrected chi connectivity index (χ0v) is 38.8. The average Bonchev–Trinajstić information content (AvgIpc) is 3.73. The van der Waals surface area contributed by atoms with Crippen LogP contribution < -0.4 is 9.80 Å². The quantitative estimate of drug-likeness (QED) is 0.121. The van der Waals surface area contributed by atoms with Crippen LogP contribution in [0.2, 0.25) is 0 Å². The van der Waals surface area contributed by atoms with Gasteiger partial charge in [0.2, 0.25) is 0 Å². The molecule has 11 aromatic rings. The number of aryl methyl sites for hydroxylation is 1. The van der Waals surface area contributed by atoms with Crippen molar-refractivity contribution >= 4 is 34.1 Å². The van der Waals surface area contributed by atoms with E-state index in [1.54, 1.807) is 0 Å². The summed E-state index contributed by atoms with van der Waals surface area (Å²) >= 11 is 0. The van der Waals surface area contributed by atoms with Crippen LogP contribution in [0.25, 0.3) is 67.0 Å². The number of hydrogen-bond donors (Lipinski definition) is 0. The lowest BCUT2D eigenvalue weighted by Gasteiger charge is -2.26. The van der Waals surface area contributed by atoms with Gasteiger partial charge >= 0.3 is 0 Å². The molecule has 0 aliphatic heterocycles. The molecular formula is C66H51N3. The molecule has 0 spiro atoms. The first-order valence-corrected chi connectivity index (χ1v) is 23.6. The zero-order chi connectivity index (χ0) is 46.5. The SMILES string of the molecule is Cc1cc(-c2ccc(N(c3ccc(-c4ccccc4)cc3)c3ccc(-c4ccccc4)cc3)cc2)n(C)c1-c1ccc(N(c2ccc(-c3ccccc3)cc2)c2ccc(-c3ccccc3)cc2)cc1. The highest BCUT2D eigenvalue weighted by Gasteiger charge is 2.19. The van der Waals surface area contributed by atoms with Gasteiger partial charge in [-0.25, -0.2) is 0 Å². The third-order valence-electron chi connectivity index (χ3n) is 13.2. The summed E-state index contributed by atoms with van der Waals surface area (Å²) in [6.07, 6.45) is 0. The van der Waals surface area contributed by atoms with Crippen molar-refractivity contribution in [2.24, 2.45) is 7.05 Å². The zero-order valence-electron chi connectivity index (χ0n) is 38.8. The Kier molecular flexibility index (Phi) is 11.8. The van der Waals surface area contributed by atoms with Crippen LogP contribution in [0.4, 0.5) is 34.1 Å². The second-order valence-electron chi connectivity index (χ2n) is 17.5. The van der Waals surface area contributed by atoms with Crippen molar-refractivity contribution in [3.05, 3.63) is 279 Å². The van der Waals surface area contributed by atoms with Gasteiger partial charge in [0.1, 0.15) is 0 Å². The molecule has 0 fully saturated rings. The number of hydrogen-bond acceptors (Lipinski definition) is 2. The maximum Gasteiger partial charge on any atom is 0.0512 e. The Balaban J connectivity index is 0.897. The van der Waals surface area contributed by atoms with E-state index in [1.807, 2.05) is 0 Å². The van der Waals surface area contributed by atoms with Crippen LogP contribution in [0.15, 0.2) is 273 Å². The predicted molar refractivity (Wildman–Crippen MR) is 292 cm³/mol. The van der Waals surface area contributed by atoms with Crippen molar-refractivity contribution in [1.82, 2.24) is 4.57 Å². The van der Waals surface area contributed by atoms with Gasteiger partial charge in [-0.05, 0) is 147 Å². The molecule has 1 aromatic heterocycles.